The second kappa shape index (κ2) is 8.49. The van der Waals surface area contributed by atoms with Crippen LogP contribution >= 0.6 is 0 Å². The van der Waals surface area contributed by atoms with E-state index in [1.54, 1.807) is 36.4 Å². The van der Waals surface area contributed by atoms with Gasteiger partial charge in [0.15, 0.2) is 23.1 Å². The fourth-order valence-corrected chi connectivity index (χ4v) is 2.05. The van der Waals surface area contributed by atoms with E-state index in [1.807, 2.05) is 0 Å². The average Bonchev–Trinajstić information content (AvgIpc) is 2.60. The lowest BCUT2D eigenvalue weighted by atomic mass is 10.1. The lowest BCUT2D eigenvalue weighted by molar-refractivity contribution is -0.121. The summed E-state index contributed by atoms with van der Waals surface area (Å²) in [6.45, 7) is 0. The van der Waals surface area contributed by atoms with Crippen LogP contribution in [0.15, 0.2) is 54.6 Å². The minimum Gasteiger partial charge on any atom is -0.508 e. The van der Waals surface area contributed by atoms with E-state index in [2.05, 4.69) is 0 Å². The standard InChI is InChI=1S/C20H18O5/c1-25-20-12-15(6-11-19(20)24)5-10-18(23)13-17(22)9-4-14-2-7-16(21)8-3-14/h2-12,21,24H,13H2,1H3/b9-4+,10-5+. The quantitative estimate of drug-likeness (QED) is 0.597. The first-order valence-electron chi connectivity index (χ1n) is 7.56. The summed E-state index contributed by atoms with van der Waals surface area (Å²) >= 11 is 0. The molecule has 0 aromatic heterocycles. The van der Waals surface area contributed by atoms with Crippen LogP contribution in [0, 0.1) is 0 Å². The molecule has 0 spiro atoms. The Labute approximate surface area is 145 Å². The summed E-state index contributed by atoms with van der Waals surface area (Å²) < 4.78 is 4.99. The van der Waals surface area contributed by atoms with Gasteiger partial charge >= 0.3 is 0 Å². The van der Waals surface area contributed by atoms with Gasteiger partial charge in [-0.25, -0.2) is 0 Å². The molecule has 0 unspecified atom stereocenters. The van der Waals surface area contributed by atoms with Crippen LogP contribution in [0.25, 0.3) is 12.2 Å². The van der Waals surface area contributed by atoms with Gasteiger partial charge in [-0.15, -0.1) is 0 Å². The van der Waals surface area contributed by atoms with Crippen molar-refractivity contribution in [3.63, 3.8) is 0 Å². The number of benzene rings is 2. The van der Waals surface area contributed by atoms with E-state index in [4.69, 9.17) is 4.74 Å². The van der Waals surface area contributed by atoms with Crippen LogP contribution < -0.4 is 4.74 Å². The number of allylic oxidation sites excluding steroid dienone is 2. The molecule has 5 heteroatoms. The minimum absolute atomic E-state index is 0.0144. The predicted molar refractivity (Wildman–Crippen MR) is 95.5 cm³/mol. The Morgan fingerprint density at radius 3 is 2.08 bits per heavy atom. The smallest absolute Gasteiger partial charge is 0.163 e. The molecule has 0 saturated heterocycles. The molecule has 0 bridgehead atoms. The molecular weight excluding hydrogens is 320 g/mol. The SMILES string of the molecule is COc1cc(/C=C/C(=O)CC(=O)/C=C/c2ccc(O)cc2)ccc1O. The lowest BCUT2D eigenvalue weighted by Gasteiger charge is -2.03. The number of methoxy groups -OCH3 is 1. The second-order valence-electron chi connectivity index (χ2n) is 5.30. The Hall–Kier alpha value is -3.34. The molecule has 0 amide bonds. The number of carbonyl (C=O) groups excluding carboxylic acids is 2. The first-order chi connectivity index (χ1) is 12.0. The number of rotatable bonds is 7. The molecule has 25 heavy (non-hydrogen) atoms. The number of ether oxygens (including phenoxy) is 1. The van der Waals surface area contributed by atoms with E-state index in [-0.39, 0.29) is 29.5 Å². The minimum atomic E-state index is -0.326. The van der Waals surface area contributed by atoms with E-state index in [1.165, 1.54) is 37.5 Å². The molecule has 5 nitrogen and oxygen atoms in total. The summed E-state index contributed by atoms with van der Waals surface area (Å²) in [6, 6.07) is 11.1. The van der Waals surface area contributed by atoms with Gasteiger partial charge in [0.05, 0.1) is 13.5 Å². The van der Waals surface area contributed by atoms with Gasteiger partial charge in [0.1, 0.15) is 5.75 Å². The number of hydrogen-bond acceptors (Lipinski definition) is 5. The molecular formula is C20H18O5. The van der Waals surface area contributed by atoms with Gasteiger partial charge in [0, 0.05) is 0 Å². The highest BCUT2D eigenvalue weighted by Gasteiger charge is 2.05. The van der Waals surface area contributed by atoms with Gasteiger partial charge in [-0.1, -0.05) is 30.4 Å². The van der Waals surface area contributed by atoms with Crippen molar-refractivity contribution in [2.75, 3.05) is 7.11 Å². The topological polar surface area (TPSA) is 83.8 Å². The fourth-order valence-electron chi connectivity index (χ4n) is 2.05. The van der Waals surface area contributed by atoms with Gasteiger partial charge in [0.25, 0.3) is 0 Å². The molecule has 2 rings (SSSR count). The number of phenolic OH excluding ortho intramolecular Hbond substituents is 2. The zero-order chi connectivity index (χ0) is 18.2. The van der Waals surface area contributed by atoms with Crippen molar-refractivity contribution in [1.82, 2.24) is 0 Å². The maximum absolute atomic E-state index is 11.8. The van der Waals surface area contributed by atoms with Crippen LogP contribution in [0.4, 0.5) is 0 Å². The molecule has 2 N–H and O–H groups in total. The van der Waals surface area contributed by atoms with Gasteiger partial charge in [-0.3, -0.25) is 9.59 Å². The van der Waals surface area contributed by atoms with Crippen molar-refractivity contribution >= 4 is 23.7 Å². The molecule has 0 radical (unpaired) electrons. The third-order valence-corrected chi connectivity index (χ3v) is 3.37. The number of phenols is 2. The molecule has 0 fully saturated rings. The van der Waals surface area contributed by atoms with Crippen molar-refractivity contribution in [1.29, 1.82) is 0 Å². The van der Waals surface area contributed by atoms with Gasteiger partial charge in [0.2, 0.25) is 0 Å². The summed E-state index contributed by atoms with van der Waals surface area (Å²) in [5.41, 5.74) is 1.43. The van der Waals surface area contributed by atoms with Crippen LogP contribution in [0.1, 0.15) is 17.5 Å². The van der Waals surface area contributed by atoms with E-state index in [0.717, 1.165) is 5.56 Å². The molecule has 0 heterocycles. The van der Waals surface area contributed by atoms with Crippen molar-refractivity contribution in [2.45, 2.75) is 6.42 Å². The van der Waals surface area contributed by atoms with Crippen LogP contribution in [-0.2, 0) is 9.59 Å². The molecule has 0 aliphatic carbocycles. The normalized spacial score (nSPS) is 11.1. The predicted octanol–water partition coefficient (Wildman–Crippen LogP) is 3.36. The van der Waals surface area contributed by atoms with Crippen molar-refractivity contribution in [3.8, 4) is 17.2 Å². The molecule has 0 aliphatic rings. The fraction of sp³-hybridized carbons (Fsp3) is 0.100. The van der Waals surface area contributed by atoms with E-state index < -0.39 is 0 Å². The highest BCUT2D eigenvalue weighted by atomic mass is 16.5. The second-order valence-corrected chi connectivity index (χ2v) is 5.30. The monoisotopic (exact) mass is 338 g/mol. The largest absolute Gasteiger partial charge is 0.508 e. The Balaban J connectivity index is 1.92. The van der Waals surface area contributed by atoms with Gasteiger partial charge in [-0.2, -0.15) is 0 Å². The third-order valence-electron chi connectivity index (χ3n) is 3.37. The van der Waals surface area contributed by atoms with Crippen LogP contribution in [-0.4, -0.2) is 28.9 Å². The number of hydrogen-bond donors (Lipinski definition) is 2. The van der Waals surface area contributed by atoms with Crippen molar-refractivity contribution < 1.29 is 24.5 Å². The first kappa shape index (κ1) is 18.0. The van der Waals surface area contributed by atoms with Crippen molar-refractivity contribution in [2.24, 2.45) is 0 Å². The molecule has 0 aliphatic heterocycles. The number of carbonyl (C=O) groups is 2. The van der Waals surface area contributed by atoms with E-state index in [9.17, 15) is 19.8 Å². The van der Waals surface area contributed by atoms with Gasteiger partial charge < -0.3 is 14.9 Å². The summed E-state index contributed by atoms with van der Waals surface area (Å²) in [7, 11) is 1.44. The maximum atomic E-state index is 11.8. The molecule has 2 aromatic rings. The lowest BCUT2D eigenvalue weighted by Crippen LogP contribution is -2.01. The molecule has 128 valence electrons. The number of aromatic hydroxyl groups is 2. The third kappa shape index (κ3) is 5.66. The first-order valence-corrected chi connectivity index (χ1v) is 7.56. The van der Waals surface area contributed by atoms with Crippen LogP contribution in [0.5, 0.6) is 17.2 Å². The Bertz CT molecular complexity index is 816. The summed E-state index contributed by atoms with van der Waals surface area (Å²) in [4.78, 5) is 23.7. The van der Waals surface area contributed by atoms with Crippen LogP contribution in [0.2, 0.25) is 0 Å². The van der Waals surface area contributed by atoms with E-state index >= 15 is 0 Å². The summed E-state index contributed by atoms with van der Waals surface area (Å²) in [5.74, 6) is -0.170. The zero-order valence-electron chi connectivity index (χ0n) is 13.7. The Kier molecular flexibility index (Phi) is 6.12. The summed E-state index contributed by atoms with van der Waals surface area (Å²) in [5, 5.41) is 18.7. The zero-order valence-corrected chi connectivity index (χ0v) is 13.7. The van der Waals surface area contributed by atoms with Crippen molar-refractivity contribution in [3.05, 3.63) is 65.7 Å². The Morgan fingerprint density at radius 1 is 0.920 bits per heavy atom. The highest BCUT2D eigenvalue weighted by Crippen LogP contribution is 2.26. The molecule has 0 atom stereocenters. The Morgan fingerprint density at radius 2 is 1.48 bits per heavy atom. The molecule has 2 aromatic carbocycles. The summed E-state index contributed by atoms with van der Waals surface area (Å²) in [6.07, 6.45) is 5.56. The number of ketones is 2. The van der Waals surface area contributed by atoms with E-state index in [0.29, 0.717) is 11.3 Å². The van der Waals surface area contributed by atoms with Crippen LogP contribution in [0.3, 0.4) is 0 Å². The maximum Gasteiger partial charge on any atom is 0.163 e. The molecule has 0 saturated carbocycles. The van der Waals surface area contributed by atoms with Gasteiger partial charge in [-0.05, 0) is 47.5 Å². The average molecular weight is 338 g/mol. The highest BCUT2D eigenvalue weighted by molar-refractivity contribution is 6.10.